The standard InChI is InChI=1S/C20H18N4O5/c21-11-14-5-1-3-7-16(14)28-12-19(26)23-22-18(25)9-10-24-15-6-2-4-8-17(15)29-13-20(24)27/h1-8H,9-10,12-13H2,(H,22,25)(H,23,26). The summed E-state index contributed by atoms with van der Waals surface area (Å²) >= 11 is 0. The van der Waals surface area contributed by atoms with E-state index in [1.165, 1.54) is 4.90 Å². The Morgan fingerprint density at radius 3 is 2.66 bits per heavy atom. The number of nitriles is 1. The van der Waals surface area contributed by atoms with Gasteiger partial charge in [0.1, 0.15) is 17.6 Å². The molecule has 2 aromatic rings. The number of carbonyl (C=O) groups is 3. The van der Waals surface area contributed by atoms with E-state index in [-0.39, 0.29) is 37.8 Å². The first kappa shape index (κ1) is 19.7. The van der Waals surface area contributed by atoms with Crippen LogP contribution < -0.4 is 25.2 Å². The Balaban J connectivity index is 1.44. The molecule has 0 radical (unpaired) electrons. The monoisotopic (exact) mass is 394 g/mol. The van der Waals surface area contributed by atoms with Crippen LogP contribution in [0.4, 0.5) is 5.69 Å². The van der Waals surface area contributed by atoms with Gasteiger partial charge < -0.3 is 14.4 Å². The maximum absolute atomic E-state index is 12.1. The van der Waals surface area contributed by atoms with Gasteiger partial charge in [-0.2, -0.15) is 5.26 Å². The summed E-state index contributed by atoms with van der Waals surface area (Å²) in [4.78, 5) is 37.4. The van der Waals surface area contributed by atoms with Crippen molar-refractivity contribution in [2.45, 2.75) is 6.42 Å². The first-order valence-corrected chi connectivity index (χ1v) is 8.80. The van der Waals surface area contributed by atoms with Gasteiger partial charge in [-0.3, -0.25) is 25.2 Å². The van der Waals surface area contributed by atoms with Crippen LogP contribution in [0, 0.1) is 11.3 Å². The second-order valence-electron chi connectivity index (χ2n) is 6.04. The van der Waals surface area contributed by atoms with Gasteiger partial charge in [-0.15, -0.1) is 0 Å². The molecule has 0 saturated heterocycles. The molecule has 0 aliphatic carbocycles. The Kier molecular flexibility index (Phi) is 6.27. The summed E-state index contributed by atoms with van der Waals surface area (Å²) in [7, 11) is 0. The lowest BCUT2D eigenvalue weighted by molar-refractivity contribution is -0.130. The van der Waals surface area contributed by atoms with Crippen molar-refractivity contribution in [3.8, 4) is 17.6 Å². The number of nitrogens with zero attached hydrogens (tertiary/aromatic N) is 2. The Bertz CT molecular complexity index is 969. The molecule has 0 spiro atoms. The van der Waals surface area contributed by atoms with E-state index < -0.39 is 11.8 Å². The van der Waals surface area contributed by atoms with E-state index >= 15 is 0 Å². The molecule has 0 unspecified atom stereocenters. The number of carbonyl (C=O) groups excluding carboxylic acids is 3. The summed E-state index contributed by atoms with van der Waals surface area (Å²) in [6.07, 6.45) is -0.0154. The first-order chi connectivity index (χ1) is 14.1. The van der Waals surface area contributed by atoms with Crippen LogP contribution in [0.25, 0.3) is 0 Å². The van der Waals surface area contributed by atoms with Crippen LogP contribution in [0.5, 0.6) is 11.5 Å². The number of nitrogens with one attached hydrogen (secondary N) is 2. The van der Waals surface area contributed by atoms with Gasteiger partial charge in [0.25, 0.3) is 11.8 Å². The number of hydrogen-bond donors (Lipinski definition) is 2. The van der Waals surface area contributed by atoms with Crippen molar-refractivity contribution in [2.24, 2.45) is 0 Å². The predicted molar refractivity (Wildman–Crippen MR) is 102 cm³/mol. The van der Waals surface area contributed by atoms with Gasteiger partial charge in [0.15, 0.2) is 13.2 Å². The van der Waals surface area contributed by atoms with Crippen molar-refractivity contribution in [3.05, 3.63) is 54.1 Å². The molecule has 0 bridgehead atoms. The van der Waals surface area contributed by atoms with E-state index in [1.807, 2.05) is 6.07 Å². The van der Waals surface area contributed by atoms with Crippen molar-refractivity contribution < 1.29 is 23.9 Å². The molecule has 0 saturated carbocycles. The molecule has 0 aromatic heterocycles. The zero-order chi connectivity index (χ0) is 20.6. The molecule has 3 rings (SSSR count). The molecule has 9 nitrogen and oxygen atoms in total. The van der Waals surface area contributed by atoms with E-state index in [1.54, 1.807) is 48.5 Å². The number of hydrazine groups is 1. The lowest BCUT2D eigenvalue weighted by atomic mass is 10.2. The van der Waals surface area contributed by atoms with Gasteiger partial charge >= 0.3 is 0 Å². The van der Waals surface area contributed by atoms with Crippen LogP contribution in [0.15, 0.2) is 48.5 Å². The third-order valence-corrected chi connectivity index (χ3v) is 4.08. The number of fused-ring (bicyclic) bond motifs is 1. The highest BCUT2D eigenvalue weighted by molar-refractivity contribution is 5.98. The molecule has 1 aliphatic rings. The molecule has 9 heteroatoms. The topological polar surface area (TPSA) is 121 Å². The Labute approximate surface area is 166 Å². The highest BCUT2D eigenvalue weighted by Gasteiger charge is 2.25. The van der Waals surface area contributed by atoms with Gasteiger partial charge in [0, 0.05) is 13.0 Å². The SMILES string of the molecule is N#Cc1ccccc1OCC(=O)NNC(=O)CCN1C(=O)COc2ccccc21. The summed E-state index contributed by atoms with van der Waals surface area (Å²) < 4.78 is 10.6. The minimum atomic E-state index is -0.584. The third-order valence-electron chi connectivity index (χ3n) is 4.08. The molecule has 148 valence electrons. The minimum Gasteiger partial charge on any atom is -0.482 e. The average molecular weight is 394 g/mol. The number of para-hydroxylation sites is 3. The van der Waals surface area contributed by atoms with E-state index in [2.05, 4.69) is 10.9 Å². The highest BCUT2D eigenvalue weighted by atomic mass is 16.5. The smallest absolute Gasteiger partial charge is 0.276 e. The molecular formula is C20H18N4O5. The van der Waals surface area contributed by atoms with Crippen LogP contribution in [-0.4, -0.2) is 37.5 Å². The number of benzene rings is 2. The second kappa shape index (κ2) is 9.23. The summed E-state index contributed by atoms with van der Waals surface area (Å²) in [6.45, 7) is -0.307. The van der Waals surface area contributed by atoms with Crippen LogP contribution in [0.3, 0.4) is 0 Å². The Morgan fingerprint density at radius 1 is 1.10 bits per heavy atom. The molecule has 3 amide bonds. The second-order valence-corrected chi connectivity index (χ2v) is 6.04. The fourth-order valence-electron chi connectivity index (χ4n) is 2.68. The molecule has 2 N–H and O–H groups in total. The maximum Gasteiger partial charge on any atom is 0.276 e. The minimum absolute atomic E-state index is 0.0154. The summed E-state index contributed by atoms with van der Waals surface area (Å²) in [5, 5.41) is 8.98. The van der Waals surface area contributed by atoms with Gasteiger partial charge in [-0.1, -0.05) is 24.3 Å². The lowest BCUT2D eigenvalue weighted by Gasteiger charge is -2.29. The molecule has 1 aliphatic heterocycles. The van der Waals surface area contributed by atoms with Gasteiger partial charge in [0.05, 0.1) is 11.3 Å². The largest absolute Gasteiger partial charge is 0.482 e. The van der Waals surface area contributed by atoms with E-state index in [0.717, 1.165) is 0 Å². The zero-order valence-corrected chi connectivity index (χ0v) is 15.4. The van der Waals surface area contributed by atoms with Gasteiger partial charge in [-0.25, -0.2) is 0 Å². The highest BCUT2D eigenvalue weighted by Crippen LogP contribution is 2.31. The van der Waals surface area contributed by atoms with Crippen LogP contribution in [0.2, 0.25) is 0 Å². The summed E-state index contributed by atoms with van der Waals surface area (Å²) in [6, 6.07) is 15.5. The average Bonchev–Trinajstić information content (AvgIpc) is 2.75. The van der Waals surface area contributed by atoms with Crippen molar-refractivity contribution >= 4 is 23.4 Å². The molecule has 1 heterocycles. The predicted octanol–water partition coefficient (Wildman–Crippen LogP) is 0.900. The van der Waals surface area contributed by atoms with Gasteiger partial charge in [0.2, 0.25) is 5.91 Å². The van der Waals surface area contributed by atoms with Crippen LogP contribution in [-0.2, 0) is 14.4 Å². The fourth-order valence-corrected chi connectivity index (χ4v) is 2.68. The van der Waals surface area contributed by atoms with Crippen LogP contribution >= 0.6 is 0 Å². The number of ether oxygens (including phenoxy) is 2. The third kappa shape index (κ3) is 5.01. The van der Waals surface area contributed by atoms with Crippen molar-refractivity contribution in [1.82, 2.24) is 10.9 Å². The fraction of sp³-hybridized carbons (Fsp3) is 0.200. The molecule has 2 aromatic carbocycles. The molecule has 0 fully saturated rings. The number of anilines is 1. The Morgan fingerprint density at radius 2 is 1.83 bits per heavy atom. The van der Waals surface area contributed by atoms with Gasteiger partial charge in [-0.05, 0) is 24.3 Å². The molecule has 0 atom stereocenters. The summed E-state index contributed by atoms with van der Waals surface area (Å²) in [5.74, 6) is -0.437. The first-order valence-electron chi connectivity index (χ1n) is 8.80. The lowest BCUT2D eigenvalue weighted by Crippen LogP contribution is -2.46. The summed E-state index contributed by atoms with van der Waals surface area (Å²) in [5.41, 5.74) is 5.41. The van der Waals surface area contributed by atoms with E-state index in [0.29, 0.717) is 17.0 Å². The van der Waals surface area contributed by atoms with Crippen molar-refractivity contribution in [2.75, 3.05) is 24.7 Å². The number of amides is 3. The van der Waals surface area contributed by atoms with Crippen molar-refractivity contribution in [3.63, 3.8) is 0 Å². The van der Waals surface area contributed by atoms with E-state index in [4.69, 9.17) is 14.7 Å². The molecule has 29 heavy (non-hydrogen) atoms. The number of rotatable bonds is 6. The maximum atomic E-state index is 12.1. The quantitative estimate of drug-likeness (QED) is 0.703. The normalized spacial score (nSPS) is 12.2. The Hall–Kier alpha value is -4.06. The molecular weight excluding hydrogens is 376 g/mol. The van der Waals surface area contributed by atoms with E-state index in [9.17, 15) is 14.4 Å². The number of hydrogen-bond acceptors (Lipinski definition) is 6. The zero-order valence-electron chi connectivity index (χ0n) is 15.4. The van der Waals surface area contributed by atoms with Crippen molar-refractivity contribution in [1.29, 1.82) is 5.26 Å². The van der Waals surface area contributed by atoms with Crippen LogP contribution in [0.1, 0.15) is 12.0 Å².